The maximum atomic E-state index is 12.6. The van der Waals surface area contributed by atoms with Crippen LogP contribution in [0.5, 0.6) is 0 Å². The molecule has 0 unspecified atom stereocenters. The average Bonchev–Trinajstić information content (AvgIpc) is 2.94. The van der Waals surface area contributed by atoms with Crippen LogP contribution < -0.4 is 15.4 Å². The van der Waals surface area contributed by atoms with E-state index in [4.69, 9.17) is 17.3 Å². The normalized spacial score (nSPS) is 25.8. The number of nitrogens with zero attached hydrogens (tertiary/aromatic N) is 1. The Labute approximate surface area is 153 Å². The maximum absolute atomic E-state index is 12.6. The highest BCUT2D eigenvalue weighted by Gasteiger charge is 2.30. The molecule has 2 aliphatic rings. The van der Waals surface area contributed by atoms with Gasteiger partial charge in [0.1, 0.15) is 0 Å². The fourth-order valence-electron chi connectivity index (χ4n) is 3.70. The Bertz CT molecular complexity index is 754. The summed E-state index contributed by atoms with van der Waals surface area (Å²) in [4.78, 5) is 12.6. The van der Waals surface area contributed by atoms with Crippen LogP contribution in [0.15, 0.2) is 18.2 Å². The molecule has 1 saturated heterocycles. The minimum Gasteiger partial charge on any atom is -0.349 e. The number of nitrogens with one attached hydrogen (secondary N) is 1. The number of nitrogens with two attached hydrogens (primary N) is 1. The molecular formula is C17H24ClN3O3S. The van der Waals surface area contributed by atoms with Crippen LogP contribution in [0.3, 0.4) is 0 Å². The van der Waals surface area contributed by atoms with Crippen molar-refractivity contribution in [2.24, 2.45) is 11.7 Å². The topological polar surface area (TPSA) is 92.5 Å². The van der Waals surface area contributed by atoms with Crippen molar-refractivity contribution in [1.29, 1.82) is 0 Å². The predicted octanol–water partition coefficient (Wildman–Crippen LogP) is 2.13. The molecule has 2 atom stereocenters. The zero-order valence-corrected chi connectivity index (χ0v) is 15.7. The molecule has 1 amide bonds. The first-order valence-corrected chi connectivity index (χ1v) is 10.7. The lowest BCUT2D eigenvalue weighted by Crippen LogP contribution is -2.44. The van der Waals surface area contributed by atoms with Crippen molar-refractivity contribution in [3.63, 3.8) is 0 Å². The highest BCUT2D eigenvalue weighted by atomic mass is 35.5. The van der Waals surface area contributed by atoms with Crippen molar-refractivity contribution < 1.29 is 13.2 Å². The van der Waals surface area contributed by atoms with Crippen molar-refractivity contribution >= 4 is 33.2 Å². The number of carbonyl (C=O) groups excluding carboxylic acids is 1. The number of anilines is 1. The molecule has 3 N–H and O–H groups in total. The number of halogens is 1. The fourth-order valence-corrected chi connectivity index (χ4v) is 5.52. The van der Waals surface area contributed by atoms with Crippen LogP contribution in [0.4, 0.5) is 5.69 Å². The molecule has 0 bridgehead atoms. The predicted molar refractivity (Wildman–Crippen MR) is 99.5 cm³/mol. The molecule has 3 rings (SSSR count). The molecule has 2 fully saturated rings. The number of benzene rings is 1. The van der Waals surface area contributed by atoms with Gasteiger partial charge < -0.3 is 11.1 Å². The lowest BCUT2D eigenvalue weighted by molar-refractivity contribution is 0.0908. The minimum atomic E-state index is -3.26. The van der Waals surface area contributed by atoms with Crippen molar-refractivity contribution in [3.8, 4) is 0 Å². The summed E-state index contributed by atoms with van der Waals surface area (Å²) in [5.41, 5.74) is 6.69. The van der Waals surface area contributed by atoms with E-state index in [1.54, 1.807) is 18.2 Å². The zero-order chi connectivity index (χ0) is 18.0. The lowest BCUT2D eigenvalue weighted by atomic mass is 9.84. The Kier molecular flexibility index (Phi) is 5.55. The van der Waals surface area contributed by atoms with E-state index in [1.165, 1.54) is 4.31 Å². The molecule has 1 heterocycles. The third kappa shape index (κ3) is 3.93. The van der Waals surface area contributed by atoms with Gasteiger partial charge in [-0.1, -0.05) is 24.4 Å². The van der Waals surface area contributed by atoms with Gasteiger partial charge in [0.25, 0.3) is 5.91 Å². The van der Waals surface area contributed by atoms with Crippen LogP contribution in [0.25, 0.3) is 0 Å². The van der Waals surface area contributed by atoms with Crippen LogP contribution in [-0.2, 0) is 10.0 Å². The molecule has 1 aromatic rings. The van der Waals surface area contributed by atoms with Gasteiger partial charge in [-0.2, -0.15) is 0 Å². The quantitative estimate of drug-likeness (QED) is 0.830. The highest BCUT2D eigenvalue weighted by molar-refractivity contribution is 7.93. The maximum Gasteiger partial charge on any atom is 0.253 e. The van der Waals surface area contributed by atoms with Gasteiger partial charge in [0.05, 0.1) is 22.0 Å². The number of hydrogen-bond donors (Lipinski definition) is 2. The van der Waals surface area contributed by atoms with Gasteiger partial charge in [0.15, 0.2) is 0 Å². The van der Waals surface area contributed by atoms with E-state index in [2.05, 4.69) is 5.32 Å². The molecule has 0 spiro atoms. The van der Waals surface area contributed by atoms with Crippen molar-refractivity contribution in [1.82, 2.24) is 5.32 Å². The Morgan fingerprint density at radius 1 is 1.28 bits per heavy atom. The standard InChI is InChI=1S/C17H24ClN3O3S/c18-15-10-13(21-8-3-9-25(21,23)24)6-7-14(15)17(22)20-16-5-2-1-4-12(16)11-19/h6-7,10,12,16H,1-5,8-9,11,19H2,(H,20,22)/t12-,16-/m0/s1. The smallest absolute Gasteiger partial charge is 0.253 e. The fraction of sp³-hybridized carbons (Fsp3) is 0.588. The van der Waals surface area contributed by atoms with E-state index in [9.17, 15) is 13.2 Å². The lowest BCUT2D eigenvalue weighted by Gasteiger charge is -2.31. The first kappa shape index (κ1) is 18.5. The van der Waals surface area contributed by atoms with Crippen LogP contribution in [0.1, 0.15) is 42.5 Å². The van der Waals surface area contributed by atoms with Crippen LogP contribution in [0.2, 0.25) is 5.02 Å². The van der Waals surface area contributed by atoms with E-state index >= 15 is 0 Å². The molecule has 6 nitrogen and oxygen atoms in total. The summed E-state index contributed by atoms with van der Waals surface area (Å²) in [5, 5.41) is 3.31. The van der Waals surface area contributed by atoms with E-state index in [-0.39, 0.29) is 22.7 Å². The SMILES string of the molecule is NC[C@@H]1CCCC[C@@H]1NC(=O)c1ccc(N2CCCS2(=O)=O)cc1Cl. The Hall–Kier alpha value is -1.31. The molecule has 8 heteroatoms. The van der Waals surface area contributed by atoms with Gasteiger partial charge in [-0.25, -0.2) is 8.42 Å². The highest BCUT2D eigenvalue weighted by Crippen LogP contribution is 2.29. The zero-order valence-electron chi connectivity index (χ0n) is 14.1. The number of rotatable bonds is 4. The van der Waals surface area contributed by atoms with E-state index in [0.717, 1.165) is 25.7 Å². The molecule has 0 radical (unpaired) electrons. The summed E-state index contributed by atoms with van der Waals surface area (Å²) in [7, 11) is -3.26. The second kappa shape index (κ2) is 7.51. The first-order chi connectivity index (χ1) is 11.9. The van der Waals surface area contributed by atoms with E-state index in [1.807, 2.05) is 0 Å². The van der Waals surface area contributed by atoms with Gasteiger partial charge in [0, 0.05) is 12.6 Å². The number of sulfonamides is 1. The van der Waals surface area contributed by atoms with Crippen molar-refractivity contribution in [3.05, 3.63) is 28.8 Å². The largest absolute Gasteiger partial charge is 0.349 e. The number of carbonyl (C=O) groups is 1. The average molecular weight is 386 g/mol. The van der Waals surface area contributed by atoms with Gasteiger partial charge in [-0.15, -0.1) is 0 Å². The molecular weight excluding hydrogens is 362 g/mol. The molecule has 1 aromatic carbocycles. The number of hydrogen-bond acceptors (Lipinski definition) is 4. The molecule has 25 heavy (non-hydrogen) atoms. The Balaban J connectivity index is 1.75. The first-order valence-electron chi connectivity index (χ1n) is 8.73. The van der Waals surface area contributed by atoms with E-state index < -0.39 is 10.0 Å². The van der Waals surface area contributed by atoms with Crippen LogP contribution in [0, 0.1) is 5.92 Å². The van der Waals surface area contributed by atoms with Gasteiger partial charge in [0.2, 0.25) is 10.0 Å². The van der Waals surface area contributed by atoms with Gasteiger partial charge >= 0.3 is 0 Å². The van der Waals surface area contributed by atoms with Gasteiger partial charge in [-0.3, -0.25) is 9.10 Å². The van der Waals surface area contributed by atoms with Gasteiger partial charge in [-0.05, 0) is 49.9 Å². The third-order valence-corrected chi connectivity index (χ3v) is 7.30. The number of amides is 1. The summed E-state index contributed by atoms with van der Waals surface area (Å²) in [6, 6.07) is 4.87. The second-order valence-electron chi connectivity index (χ2n) is 6.77. The monoisotopic (exact) mass is 385 g/mol. The molecule has 0 aromatic heterocycles. The molecule has 138 valence electrons. The van der Waals surface area contributed by atoms with E-state index in [0.29, 0.717) is 36.7 Å². The minimum absolute atomic E-state index is 0.0703. The summed E-state index contributed by atoms with van der Waals surface area (Å²) in [6.45, 7) is 1.01. The van der Waals surface area contributed by atoms with Crippen LogP contribution >= 0.6 is 11.6 Å². The Morgan fingerprint density at radius 2 is 2.04 bits per heavy atom. The molecule has 1 aliphatic heterocycles. The second-order valence-corrected chi connectivity index (χ2v) is 9.19. The summed E-state index contributed by atoms with van der Waals surface area (Å²) in [6.07, 6.45) is 4.79. The third-order valence-electron chi connectivity index (χ3n) is 5.11. The Morgan fingerprint density at radius 3 is 2.68 bits per heavy atom. The van der Waals surface area contributed by atoms with Crippen LogP contribution in [-0.4, -0.2) is 39.2 Å². The van der Waals surface area contributed by atoms with Crippen molar-refractivity contribution in [2.75, 3.05) is 23.1 Å². The van der Waals surface area contributed by atoms with Crippen molar-refractivity contribution in [2.45, 2.75) is 38.1 Å². The summed E-state index contributed by atoms with van der Waals surface area (Å²) >= 11 is 6.28. The summed E-state index contributed by atoms with van der Waals surface area (Å²) in [5.74, 6) is 0.214. The molecule has 1 aliphatic carbocycles. The summed E-state index contributed by atoms with van der Waals surface area (Å²) < 4.78 is 25.4. The molecule has 1 saturated carbocycles.